The van der Waals surface area contributed by atoms with Crippen molar-refractivity contribution >= 4 is 0 Å². The van der Waals surface area contributed by atoms with Crippen LogP contribution in [0, 0.1) is 5.92 Å². The summed E-state index contributed by atoms with van der Waals surface area (Å²) in [6.07, 6.45) is 5.39. The molecule has 1 heterocycles. The Bertz CT molecular complexity index is 354. The van der Waals surface area contributed by atoms with Gasteiger partial charge in [0.2, 0.25) is 5.88 Å². The van der Waals surface area contributed by atoms with E-state index in [0.29, 0.717) is 12.0 Å². The monoisotopic (exact) mass is 264 g/mol. The maximum atomic E-state index is 5.78. The lowest BCUT2D eigenvalue weighted by Crippen LogP contribution is -2.19. The number of hydrogen-bond acceptors (Lipinski definition) is 3. The van der Waals surface area contributed by atoms with Gasteiger partial charge in [-0.15, -0.1) is 0 Å². The van der Waals surface area contributed by atoms with Crippen LogP contribution >= 0.6 is 0 Å². The third-order valence-corrected chi connectivity index (χ3v) is 3.26. The normalized spacial score (nSPS) is 14.1. The van der Waals surface area contributed by atoms with Gasteiger partial charge in [0, 0.05) is 18.3 Å². The maximum absolute atomic E-state index is 5.78. The lowest BCUT2D eigenvalue weighted by molar-refractivity contribution is 0.242. The van der Waals surface area contributed by atoms with Gasteiger partial charge < -0.3 is 10.1 Å². The zero-order chi connectivity index (χ0) is 14.1. The summed E-state index contributed by atoms with van der Waals surface area (Å²) in [5, 5.41) is 3.48. The molecule has 19 heavy (non-hydrogen) atoms. The molecule has 0 saturated heterocycles. The molecule has 0 spiro atoms. The number of nitrogens with one attached hydrogen (secondary N) is 1. The van der Waals surface area contributed by atoms with Gasteiger partial charge in [-0.05, 0) is 43.9 Å². The quantitative estimate of drug-likeness (QED) is 0.733. The fourth-order valence-corrected chi connectivity index (χ4v) is 2.06. The van der Waals surface area contributed by atoms with Crippen molar-refractivity contribution in [2.75, 3.05) is 13.2 Å². The molecule has 0 fully saturated rings. The fraction of sp³-hybridized carbons (Fsp3) is 0.688. The van der Waals surface area contributed by atoms with Crippen molar-refractivity contribution in [2.45, 2.75) is 53.0 Å². The van der Waals surface area contributed by atoms with Crippen molar-refractivity contribution in [3.05, 3.63) is 23.9 Å². The number of aromatic nitrogens is 1. The minimum Gasteiger partial charge on any atom is -0.477 e. The van der Waals surface area contributed by atoms with Crippen LogP contribution in [0.25, 0.3) is 0 Å². The topological polar surface area (TPSA) is 34.2 Å². The molecule has 3 heteroatoms. The first-order valence-electron chi connectivity index (χ1n) is 7.49. The standard InChI is InChI=1S/C16H28N2O/c1-5-7-13(3)12-19-16-11-15(8-10-18-16)14(4)17-9-6-2/h8,10-11,13-14,17H,5-7,9,12H2,1-4H3. The second kappa shape index (κ2) is 8.92. The number of pyridine rings is 1. The molecule has 0 bridgehead atoms. The molecule has 0 saturated carbocycles. The molecular formula is C16H28N2O. The molecular weight excluding hydrogens is 236 g/mol. The minimum absolute atomic E-state index is 0.346. The second-order valence-electron chi connectivity index (χ2n) is 5.31. The van der Waals surface area contributed by atoms with Crippen molar-refractivity contribution in [1.29, 1.82) is 0 Å². The van der Waals surface area contributed by atoms with Crippen LogP contribution < -0.4 is 10.1 Å². The Morgan fingerprint density at radius 3 is 2.74 bits per heavy atom. The van der Waals surface area contributed by atoms with Crippen molar-refractivity contribution in [2.24, 2.45) is 5.92 Å². The molecule has 0 aliphatic heterocycles. The van der Waals surface area contributed by atoms with E-state index in [0.717, 1.165) is 25.5 Å². The first-order valence-corrected chi connectivity index (χ1v) is 7.49. The summed E-state index contributed by atoms with van der Waals surface area (Å²) in [5.41, 5.74) is 1.24. The Balaban J connectivity index is 2.51. The number of rotatable bonds is 9. The number of hydrogen-bond donors (Lipinski definition) is 1. The Kier molecular flexibility index (Phi) is 7.49. The van der Waals surface area contributed by atoms with E-state index in [2.05, 4.69) is 44.1 Å². The van der Waals surface area contributed by atoms with Gasteiger partial charge in [0.1, 0.15) is 0 Å². The summed E-state index contributed by atoms with van der Waals surface area (Å²) in [4.78, 5) is 4.28. The summed E-state index contributed by atoms with van der Waals surface area (Å²) >= 11 is 0. The average molecular weight is 264 g/mol. The first-order chi connectivity index (χ1) is 9.17. The molecule has 0 amide bonds. The molecule has 3 nitrogen and oxygen atoms in total. The Labute approximate surface area is 117 Å². The molecule has 108 valence electrons. The SMILES string of the molecule is CCCNC(C)c1ccnc(OCC(C)CCC)c1. The molecule has 1 aromatic rings. The molecule has 1 rings (SSSR count). The number of nitrogens with zero attached hydrogens (tertiary/aromatic N) is 1. The number of ether oxygens (including phenoxy) is 1. The van der Waals surface area contributed by atoms with Crippen LogP contribution in [0.4, 0.5) is 0 Å². The van der Waals surface area contributed by atoms with E-state index in [1.54, 1.807) is 0 Å². The van der Waals surface area contributed by atoms with Gasteiger partial charge in [-0.2, -0.15) is 0 Å². The van der Waals surface area contributed by atoms with Crippen molar-refractivity contribution in [3.8, 4) is 5.88 Å². The minimum atomic E-state index is 0.346. The molecule has 0 aliphatic rings. The highest BCUT2D eigenvalue weighted by Crippen LogP contribution is 2.17. The summed E-state index contributed by atoms with van der Waals surface area (Å²) < 4.78 is 5.78. The maximum Gasteiger partial charge on any atom is 0.213 e. The molecule has 1 N–H and O–H groups in total. The van der Waals surface area contributed by atoms with E-state index in [9.17, 15) is 0 Å². The molecule has 1 aromatic heterocycles. The molecule has 0 aromatic carbocycles. The second-order valence-corrected chi connectivity index (χ2v) is 5.31. The van der Waals surface area contributed by atoms with Crippen molar-refractivity contribution < 1.29 is 4.74 Å². The Morgan fingerprint density at radius 2 is 2.05 bits per heavy atom. The summed E-state index contributed by atoms with van der Waals surface area (Å²) in [6.45, 7) is 10.6. The van der Waals surface area contributed by atoms with Gasteiger partial charge >= 0.3 is 0 Å². The average Bonchev–Trinajstić information content (AvgIpc) is 2.43. The van der Waals surface area contributed by atoms with Crippen LogP contribution in [0.15, 0.2) is 18.3 Å². The highest BCUT2D eigenvalue weighted by molar-refractivity contribution is 5.23. The van der Waals surface area contributed by atoms with E-state index in [1.165, 1.54) is 18.4 Å². The zero-order valence-electron chi connectivity index (χ0n) is 12.8. The van der Waals surface area contributed by atoms with Crippen LogP contribution in [-0.4, -0.2) is 18.1 Å². The van der Waals surface area contributed by atoms with E-state index in [1.807, 2.05) is 12.3 Å². The predicted octanol–water partition coefficient (Wildman–Crippen LogP) is 3.96. The summed E-state index contributed by atoms with van der Waals surface area (Å²) in [5.74, 6) is 1.33. The molecule has 0 radical (unpaired) electrons. The van der Waals surface area contributed by atoms with Gasteiger partial charge in [-0.3, -0.25) is 0 Å². The van der Waals surface area contributed by atoms with Gasteiger partial charge in [0.05, 0.1) is 6.61 Å². The smallest absolute Gasteiger partial charge is 0.213 e. The lowest BCUT2D eigenvalue weighted by atomic mass is 10.1. The van der Waals surface area contributed by atoms with E-state index < -0.39 is 0 Å². The van der Waals surface area contributed by atoms with Crippen LogP contribution in [0.2, 0.25) is 0 Å². The predicted molar refractivity (Wildman–Crippen MR) is 80.5 cm³/mol. The third kappa shape index (κ3) is 6.06. The Morgan fingerprint density at radius 1 is 1.26 bits per heavy atom. The van der Waals surface area contributed by atoms with Crippen LogP contribution in [0.1, 0.15) is 58.6 Å². The molecule has 2 atom stereocenters. The van der Waals surface area contributed by atoms with E-state index >= 15 is 0 Å². The van der Waals surface area contributed by atoms with E-state index in [-0.39, 0.29) is 0 Å². The Hall–Kier alpha value is -1.09. The fourth-order valence-electron chi connectivity index (χ4n) is 2.06. The van der Waals surface area contributed by atoms with Crippen molar-refractivity contribution in [1.82, 2.24) is 10.3 Å². The van der Waals surface area contributed by atoms with Gasteiger partial charge in [0.15, 0.2) is 0 Å². The first kappa shape index (κ1) is 16.0. The molecule has 0 aliphatic carbocycles. The highest BCUT2D eigenvalue weighted by atomic mass is 16.5. The van der Waals surface area contributed by atoms with Crippen LogP contribution in [0.5, 0.6) is 5.88 Å². The van der Waals surface area contributed by atoms with E-state index in [4.69, 9.17) is 4.74 Å². The zero-order valence-corrected chi connectivity index (χ0v) is 12.8. The van der Waals surface area contributed by atoms with Crippen molar-refractivity contribution in [3.63, 3.8) is 0 Å². The third-order valence-electron chi connectivity index (χ3n) is 3.26. The van der Waals surface area contributed by atoms with Gasteiger partial charge in [0.25, 0.3) is 0 Å². The van der Waals surface area contributed by atoms with Crippen LogP contribution in [-0.2, 0) is 0 Å². The van der Waals surface area contributed by atoms with Gasteiger partial charge in [-0.1, -0.05) is 27.2 Å². The summed E-state index contributed by atoms with van der Waals surface area (Å²) in [7, 11) is 0. The van der Waals surface area contributed by atoms with Crippen LogP contribution in [0.3, 0.4) is 0 Å². The molecule has 2 unspecified atom stereocenters. The van der Waals surface area contributed by atoms with Gasteiger partial charge in [-0.25, -0.2) is 4.98 Å². The summed E-state index contributed by atoms with van der Waals surface area (Å²) in [6, 6.07) is 4.44. The highest BCUT2D eigenvalue weighted by Gasteiger charge is 2.07. The lowest BCUT2D eigenvalue weighted by Gasteiger charge is -2.15. The largest absolute Gasteiger partial charge is 0.477 e.